The van der Waals surface area contributed by atoms with Crippen molar-refractivity contribution in [3.05, 3.63) is 12.2 Å². The highest BCUT2D eigenvalue weighted by molar-refractivity contribution is 4.97. The second kappa shape index (κ2) is 5.49. The predicted molar refractivity (Wildman–Crippen MR) is 55.0 cm³/mol. The van der Waals surface area contributed by atoms with E-state index < -0.39 is 5.79 Å². The fourth-order valence-electron chi connectivity index (χ4n) is 1.65. The Hall–Kier alpha value is -0.380. The SMILES string of the molecule is CC=CC1(CCCC)OCC(CO)O1. The fraction of sp³-hybridized carbons (Fsp3) is 0.818. The molecule has 3 nitrogen and oxygen atoms in total. The smallest absolute Gasteiger partial charge is 0.188 e. The summed E-state index contributed by atoms with van der Waals surface area (Å²) in [5, 5.41) is 8.96. The van der Waals surface area contributed by atoms with Crippen LogP contribution in [0, 0.1) is 0 Å². The fourth-order valence-corrected chi connectivity index (χ4v) is 1.65. The topological polar surface area (TPSA) is 38.7 Å². The Bertz CT molecular complexity index is 191. The molecule has 2 unspecified atom stereocenters. The molecule has 3 heteroatoms. The summed E-state index contributed by atoms with van der Waals surface area (Å²) >= 11 is 0. The van der Waals surface area contributed by atoms with Crippen molar-refractivity contribution in [2.45, 2.75) is 45.0 Å². The van der Waals surface area contributed by atoms with Crippen LogP contribution >= 0.6 is 0 Å². The molecule has 1 aliphatic heterocycles. The lowest BCUT2D eigenvalue weighted by Crippen LogP contribution is -2.29. The standard InChI is InChI=1S/C11H20O3/c1-3-5-7-11(6-4-2)13-9-10(8-12)14-11/h4,6,10,12H,3,5,7-9H2,1-2H3. The van der Waals surface area contributed by atoms with Crippen molar-refractivity contribution in [2.75, 3.05) is 13.2 Å². The van der Waals surface area contributed by atoms with Gasteiger partial charge in [-0.25, -0.2) is 0 Å². The molecular formula is C11H20O3. The van der Waals surface area contributed by atoms with E-state index in [1.807, 2.05) is 19.1 Å². The van der Waals surface area contributed by atoms with Crippen LogP contribution in [0.4, 0.5) is 0 Å². The van der Waals surface area contributed by atoms with Crippen LogP contribution in [0.3, 0.4) is 0 Å². The number of aliphatic hydroxyl groups is 1. The van der Waals surface area contributed by atoms with Gasteiger partial charge in [-0.05, 0) is 19.4 Å². The number of allylic oxidation sites excluding steroid dienone is 1. The van der Waals surface area contributed by atoms with Gasteiger partial charge in [-0.15, -0.1) is 0 Å². The maximum atomic E-state index is 8.96. The summed E-state index contributed by atoms with van der Waals surface area (Å²) in [6, 6.07) is 0. The minimum atomic E-state index is -0.571. The molecule has 2 atom stereocenters. The molecule has 0 aromatic heterocycles. The number of aliphatic hydroxyl groups excluding tert-OH is 1. The maximum absolute atomic E-state index is 8.96. The van der Waals surface area contributed by atoms with E-state index >= 15 is 0 Å². The summed E-state index contributed by atoms with van der Waals surface area (Å²) in [7, 11) is 0. The molecule has 0 bridgehead atoms. The summed E-state index contributed by atoms with van der Waals surface area (Å²) in [6.07, 6.45) is 6.78. The van der Waals surface area contributed by atoms with Crippen LogP contribution in [0.25, 0.3) is 0 Å². The van der Waals surface area contributed by atoms with E-state index in [4.69, 9.17) is 14.6 Å². The first kappa shape index (κ1) is 11.7. The molecule has 14 heavy (non-hydrogen) atoms. The highest BCUT2D eigenvalue weighted by Crippen LogP contribution is 2.30. The molecule has 0 aromatic rings. The van der Waals surface area contributed by atoms with Crippen molar-refractivity contribution in [3.8, 4) is 0 Å². The number of ether oxygens (including phenoxy) is 2. The van der Waals surface area contributed by atoms with E-state index in [0.717, 1.165) is 19.3 Å². The summed E-state index contributed by atoms with van der Waals surface area (Å²) in [5.41, 5.74) is 0. The molecule has 0 aromatic carbocycles. The Morgan fingerprint density at radius 1 is 1.57 bits per heavy atom. The van der Waals surface area contributed by atoms with Gasteiger partial charge in [0.05, 0.1) is 13.2 Å². The Morgan fingerprint density at radius 3 is 2.86 bits per heavy atom. The third-order valence-corrected chi connectivity index (χ3v) is 2.38. The van der Waals surface area contributed by atoms with Crippen molar-refractivity contribution in [2.24, 2.45) is 0 Å². The van der Waals surface area contributed by atoms with Crippen molar-refractivity contribution in [3.63, 3.8) is 0 Å². The molecule has 1 saturated heterocycles. The Labute approximate surface area is 85.7 Å². The van der Waals surface area contributed by atoms with Gasteiger partial charge in [0.1, 0.15) is 6.10 Å². The van der Waals surface area contributed by atoms with Gasteiger partial charge in [0.2, 0.25) is 0 Å². The number of unbranched alkanes of at least 4 members (excludes halogenated alkanes) is 1. The molecule has 1 N–H and O–H groups in total. The van der Waals surface area contributed by atoms with E-state index in [0.29, 0.717) is 6.61 Å². The van der Waals surface area contributed by atoms with Crippen molar-refractivity contribution in [1.82, 2.24) is 0 Å². The van der Waals surface area contributed by atoms with Gasteiger partial charge in [0, 0.05) is 6.42 Å². The monoisotopic (exact) mass is 200 g/mol. The third kappa shape index (κ3) is 2.80. The van der Waals surface area contributed by atoms with Crippen LogP contribution in [-0.2, 0) is 9.47 Å². The highest BCUT2D eigenvalue weighted by Gasteiger charge is 2.38. The molecule has 1 rings (SSSR count). The number of hydrogen-bond donors (Lipinski definition) is 1. The van der Waals surface area contributed by atoms with Crippen LogP contribution in [0.5, 0.6) is 0 Å². The summed E-state index contributed by atoms with van der Waals surface area (Å²) in [4.78, 5) is 0. The zero-order valence-corrected chi connectivity index (χ0v) is 9.03. The molecule has 0 radical (unpaired) electrons. The average Bonchev–Trinajstić information content (AvgIpc) is 2.60. The molecule has 0 amide bonds. The summed E-state index contributed by atoms with van der Waals surface area (Å²) in [5.74, 6) is -0.571. The lowest BCUT2D eigenvalue weighted by molar-refractivity contribution is -0.138. The first-order valence-corrected chi connectivity index (χ1v) is 5.33. The van der Waals surface area contributed by atoms with Crippen LogP contribution in [0.15, 0.2) is 12.2 Å². The normalized spacial score (nSPS) is 32.9. The zero-order chi connectivity index (χ0) is 10.4. The molecule has 0 spiro atoms. The van der Waals surface area contributed by atoms with Crippen molar-refractivity contribution in [1.29, 1.82) is 0 Å². The quantitative estimate of drug-likeness (QED) is 0.688. The van der Waals surface area contributed by atoms with Gasteiger partial charge in [-0.3, -0.25) is 0 Å². The Kier molecular flexibility index (Phi) is 4.58. The van der Waals surface area contributed by atoms with E-state index in [9.17, 15) is 0 Å². The van der Waals surface area contributed by atoms with Gasteiger partial charge in [-0.2, -0.15) is 0 Å². The molecular weight excluding hydrogens is 180 g/mol. The van der Waals surface area contributed by atoms with Gasteiger partial charge < -0.3 is 14.6 Å². The molecule has 0 aliphatic carbocycles. The van der Waals surface area contributed by atoms with Crippen molar-refractivity contribution >= 4 is 0 Å². The molecule has 82 valence electrons. The molecule has 1 fully saturated rings. The largest absolute Gasteiger partial charge is 0.394 e. The number of hydrogen-bond acceptors (Lipinski definition) is 3. The second-order valence-electron chi connectivity index (χ2n) is 3.65. The van der Waals surface area contributed by atoms with E-state index in [-0.39, 0.29) is 12.7 Å². The minimum absolute atomic E-state index is 0.0332. The third-order valence-electron chi connectivity index (χ3n) is 2.38. The first-order chi connectivity index (χ1) is 6.76. The van der Waals surface area contributed by atoms with E-state index in [2.05, 4.69) is 6.92 Å². The van der Waals surface area contributed by atoms with Gasteiger partial charge in [0.15, 0.2) is 5.79 Å². The van der Waals surface area contributed by atoms with Crippen LogP contribution in [0.2, 0.25) is 0 Å². The van der Waals surface area contributed by atoms with Crippen LogP contribution in [-0.4, -0.2) is 30.2 Å². The summed E-state index contributed by atoms with van der Waals surface area (Å²) < 4.78 is 11.3. The second-order valence-corrected chi connectivity index (χ2v) is 3.65. The average molecular weight is 200 g/mol. The first-order valence-electron chi connectivity index (χ1n) is 5.33. The zero-order valence-electron chi connectivity index (χ0n) is 9.03. The lowest BCUT2D eigenvalue weighted by atomic mass is 10.1. The predicted octanol–water partition coefficient (Wildman–Crippen LogP) is 1.86. The Morgan fingerprint density at radius 2 is 2.36 bits per heavy atom. The van der Waals surface area contributed by atoms with Gasteiger partial charge >= 0.3 is 0 Å². The molecule has 1 heterocycles. The van der Waals surface area contributed by atoms with Gasteiger partial charge in [0.25, 0.3) is 0 Å². The van der Waals surface area contributed by atoms with E-state index in [1.165, 1.54) is 0 Å². The lowest BCUT2D eigenvalue weighted by Gasteiger charge is -2.24. The Balaban J connectivity index is 2.55. The van der Waals surface area contributed by atoms with Crippen molar-refractivity contribution < 1.29 is 14.6 Å². The van der Waals surface area contributed by atoms with Crippen LogP contribution < -0.4 is 0 Å². The maximum Gasteiger partial charge on any atom is 0.188 e. The summed E-state index contributed by atoms with van der Waals surface area (Å²) in [6.45, 7) is 4.62. The van der Waals surface area contributed by atoms with E-state index in [1.54, 1.807) is 0 Å². The minimum Gasteiger partial charge on any atom is -0.394 e. The van der Waals surface area contributed by atoms with Crippen LogP contribution in [0.1, 0.15) is 33.1 Å². The molecule has 0 saturated carbocycles. The molecule has 1 aliphatic rings. The van der Waals surface area contributed by atoms with Gasteiger partial charge in [-0.1, -0.05) is 19.4 Å². The highest BCUT2D eigenvalue weighted by atomic mass is 16.7. The number of rotatable bonds is 5.